The van der Waals surface area contributed by atoms with Crippen LogP contribution in [0.3, 0.4) is 0 Å². The van der Waals surface area contributed by atoms with E-state index in [1.54, 1.807) is 37.3 Å². The summed E-state index contributed by atoms with van der Waals surface area (Å²) in [5, 5.41) is 18.0. The lowest BCUT2D eigenvalue weighted by Crippen LogP contribution is -2.44. The Morgan fingerprint density at radius 3 is 2.50 bits per heavy atom. The number of halogens is 3. The van der Waals surface area contributed by atoms with Gasteiger partial charge in [0.1, 0.15) is 6.04 Å². The molecular weight excluding hydrogens is 519 g/mol. The summed E-state index contributed by atoms with van der Waals surface area (Å²) in [6, 6.07) is 21.2. The van der Waals surface area contributed by atoms with Gasteiger partial charge in [0.15, 0.2) is 0 Å². The average Bonchev–Trinajstić information content (AvgIpc) is 3.64. The fraction of sp³-hybridized carbons (Fsp3) is 0.267. The predicted octanol–water partition coefficient (Wildman–Crippen LogP) is 5.86. The van der Waals surface area contributed by atoms with Crippen LogP contribution in [0.4, 0.5) is 13.2 Å². The number of amides is 1. The van der Waals surface area contributed by atoms with Crippen molar-refractivity contribution >= 4 is 5.91 Å². The first kappa shape index (κ1) is 27.1. The van der Waals surface area contributed by atoms with E-state index in [4.69, 9.17) is 10.2 Å². The second kappa shape index (κ2) is 10.6. The minimum atomic E-state index is -4.54. The van der Waals surface area contributed by atoms with E-state index in [1.807, 2.05) is 30.3 Å². The van der Waals surface area contributed by atoms with E-state index >= 15 is 0 Å². The molecule has 3 aromatic carbocycles. The lowest BCUT2D eigenvalue weighted by atomic mass is 9.94. The van der Waals surface area contributed by atoms with Gasteiger partial charge in [-0.05, 0) is 67.1 Å². The summed E-state index contributed by atoms with van der Waals surface area (Å²) in [5.41, 5.74) is 8.17. The maximum atomic E-state index is 13.7. The van der Waals surface area contributed by atoms with Crippen LogP contribution >= 0.6 is 0 Å². The molecule has 1 aromatic heterocycles. The summed E-state index contributed by atoms with van der Waals surface area (Å²) >= 11 is 0. The highest BCUT2D eigenvalue weighted by molar-refractivity contribution is 5.97. The van der Waals surface area contributed by atoms with Crippen molar-refractivity contribution < 1.29 is 22.4 Å². The zero-order chi connectivity index (χ0) is 28.5. The van der Waals surface area contributed by atoms with E-state index < -0.39 is 23.7 Å². The molecule has 204 valence electrons. The minimum Gasteiger partial charge on any atom is -0.419 e. The monoisotopic (exact) mass is 545 g/mol. The number of likely N-dealkylation sites (tertiary alicyclic amines) is 1. The molecule has 0 radical (unpaired) electrons. The number of aromatic nitrogens is 2. The standard InChI is InChI=1S/C30H26F3N5O2/c1-29(35,17-19-8-3-2-4-9-19)28-37-36-26(40-28)22-14-21(24-11-6-5-10-20(24)18-34)15-23(16-22)27(39)38-13-7-12-25(38)30(31,32)33/h2-6,8-11,14-16,25H,7,12-13,17,35H2,1H3/t25?,29-/m1/s1. The number of hydrogen-bond donors (Lipinski definition) is 1. The van der Waals surface area contributed by atoms with Crippen LogP contribution in [0.5, 0.6) is 0 Å². The van der Waals surface area contributed by atoms with Gasteiger partial charge >= 0.3 is 6.18 Å². The van der Waals surface area contributed by atoms with Crippen LogP contribution in [-0.2, 0) is 12.0 Å². The van der Waals surface area contributed by atoms with Crippen LogP contribution < -0.4 is 5.73 Å². The van der Waals surface area contributed by atoms with E-state index in [2.05, 4.69) is 16.3 Å². The number of nitrogens with zero attached hydrogens (tertiary/aromatic N) is 4. The Kier molecular flexibility index (Phi) is 7.17. The van der Waals surface area contributed by atoms with Crippen molar-refractivity contribution in [1.82, 2.24) is 15.1 Å². The molecule has 0 spiro atoms. The Bertz CT molecular complexity index is 1570. The number of carbonyl (C=O) groups excluding carboxylic acids is 1. The molecule has 2 N–H and O–H groups in total. The number of nitriles is 1. The van der Waals surface area contributed by atoms with E-state index in [0.29, 0.717) is 28.7 Å². The van der Waals surface area contributed by atoms with Gasteiger partial charge < -0.3 is 15.1 Å². The van der Waals surface area contributed by atoms with Crippen LogP contribution in [0.1, 0.15) is 47.1 Å². The molecule has 1 saturated heterocycles. The third-order valence-electron chi connectivity index (χ3n) is 7.00. The van der Waals surface area contributed by atoms with Crippen molar-refractivity contribution in [2.45, 2.75) is 43.9 Å². The van der Waals surface area contributed by atoms with E-state index in [9.17, 15) is 23.2 Å². The van der Waals surface area contributed by atoms with Crippen LogP contribution in [-0.4, -0.2) is 39.8 Å². The Hall–Kier alpha value is -4.49. The van der Waals surface area contributed by atoms with Crippen LogP contribution in [0, 0.1) is 11.3 Å². The van der Waals surface area contributed by atoms with Crippen LogP contribution in [0.2, 0.25) is 0 Å². The second-order valence-corrected chi connectivity index (χ2v) is 10.1. The minimum absolute atomic E-state index is 0.00687. The molecule has 5 rings (SSSR count). The first-order chi connectivity index (χ1) is 19.1. The maximum Gasteiger partial charge on any atom is 0.408 e. The van der Waals surface area contributed by atoms with Crippen molar-refractivity contribution in [3.8, 4) is 28.7 Å². The van der Waals surface area contributed by atoms with Gasteiger partial charge in [0.25, 0.3) is 5.91 Å². The molecule has 40 heavy (non-hydrogen) atoms. The number of nitrogens with two attached hydrogens (primary N) is 1. The van der Waals surface area contributed by atoms with Gasteiger partial charge in [-0.1, -0.05) is 48.5 Å². The SMILES string of the molecule is C[C@@](N)(Cc1ccccc1)c1nnc(-c2cc(C(=O)N3CCCC3C(F)(F)F)cc(-c3ccccc3C#N)c2)o1. The van der Waals surface area contributed by atoms with Crippen molar-refractivity contribution in [2.75, 3.05) is 6.54 Å². The molecule has 0 bridgehead atoms. The highest BCUT2D eigenvalue weighted by atomic mass is 19.4. The molecule has 1 aliphatic rings. The molecule has 0 saturated carbocycles. The Morgan fingerprint density at radius 1 is 1.07 bits per heavy atom. The molecule has 4 aromatic rings. The lowest BCUT2D eigenvalue weighted by molar-refractivity contribution is -0.169. The summed E-state index contributed by atoms with van der Waals surface area (Å²) in [5.74, 6) is -0.539. The largest absolute Gasteiger partial charge is 0.419 e. The molecule has 1 fully saturated rings. The number of alkyl halides is 3. The van der Waals surface area contributed by atoms with E-state index in [0.717, 1.165) is 10.5 Å². The normalized spacial score (nSPS) is 16.9. The van der Waals surface area contributed by atoms with Gasteiger partial charge in [-0.15, -0.1) is 10.2 Å². The zero-order valence-electron chi connectivity index (χ0n) is 21.7. The molecule has 2 atom stereocenters. The van der Waals surface area contributed by atoms with Gasteiger partial charge in [0, 0.05) is 17.7 Å². The van der Waals surface area contributed by atoms with Crippen LogP contribution in [0.15, 0.2) is 77.2 Å². The van der Waals surface area contributed by atoms with Crippen molar-refractivity contribution in [1.29, 1.82) is 5.26 Å². The topological polar surface area (TPSA) is 109 Å². The first-order valence-electron chi connectivity index (χ1n) is 12.8. The summed E-state index contributed by atoms with van der Waals surface area (Å²) in [6.07, 6.45) is -4.01. The summed E-state index contributed by atoms with van der Waals surface area (Å²) in [6.45, 7) is 1.75. The van der Waals surface area contributed by atoms with E-state index in [-0.39, 0.29) is 36.7 Å². The Labute approximate surface area is 229 Å². The van der Waals surface area contributed by atoms with Gasteiger partial charge in [-0.2, -0.15) is 18.4 Å². The summed E-state index contributed by atoms with van der Waals surface area (Å²) in [4.78, 5) is 14.3. The van der Waals surface area contributed by atoms with Gasteiger partial charge in [-0.25, -0.2) is 0 Å². The highest BCUT2D eigenvalue weighted by Crippen LogP contribution is 2.36. The Morgan fingerprint density at radius 2 is 1.77 bits per heavy atom. The fourth-order valence-electron chi connectivity index (χ4n) is 5.04. The Balaban J connectivity index is 1.57. The van der Waals surface area contributed by atoms with Crippen molar-refractivity contribution in [3.63, 3.8) is 0 Å². The average molecular weight is 546 g/mol. The smallest absolute Gasteiger partial charge is 0.408 e. The summed E-state index contributed by atoms with van der Waals surface area (Å²) < 4.78 is 47.0. The fourth-order valence-corrected chi connectivity index (χ4v) is 5.04. The van der Waals surface area contributed by atoms with Crippen molar-refractivity contribution in [2.24, 2.45) is 5.73 Å². The van der Waals surface area contributed by atoms with Gasteiger partial charge in [0.2, 0.25) is 11.8 Å². The van der Waals surface area contributed by atoms with Gasteiger partial charge in [0.05, 0.1) is 17.2 Å². The first-order valence-corrected chi connectivity index (χ1v) is 12.8. The van der Waals surface area contributed by atoms with Gasteiger partial charge in [-0.3, -0.25) is 4.79 Å². The second-order valence-electron chi connectivity index (χ2n) is 10.1. The van der Waals surface area contributed by atoms with Crippen LogP contribution in [0.25, 0.3) is 22.6 Å². The van der Waals surface area contributed by atoms with Crippen molar-refractivity contribution in [3.05, 3.63) is 95.4 Å². The summed E-state index contributed by atoms with van der Waals surface area (Å²) in [7, 11) is 0. The third kappa shape index (κ3) is 5.46. The molecule has 1 aliphatic heterocycles. The molecule has 0 aliphatic carbocycles. The number of carbonyl (C=O) groups is 1. The number of hydrogen-bond acceptors (Lipinski definition) is 6. The third-order valence-corrected chi connectivity index (χ3v) is 7.00. The maximum absolute atomic E-state index is 13.7. The molecule has 10 heteroatoms. The lowest BCUT2D eigenvalue weighted by Gasteiger charge is -2.27. The molecule has 1 unspecified atom stereocenters. The van der Waals surface area contributed by atoms with E-state index in [1.165, 1.54) is 12.1 Å². The zero-order valence-corrected chi connectivity index (χ0v) is 21.7. The highest BCUT2D eigenvalue weighted by Gasteiger charge is 2.48. The number of benzene rings is 3. The molecule has 7 nitrogen and oxygen atoms in total. The number of rotatable bonds is 6. The predicted molar refractivity (Wildman–Crippen MR) is 142 cm³/mol. The molecular formula is C30H26F3N5O2. The quantitative estimate of drug-likeness (QED) is 0.325. The molecule has 2 heterocycles. The molecule has 1 amide bonds.